The summed E-state index contributed by atoms with van der Waals surface area (Å²) in [4.78, 5) is 2.49. The van der Waals surface area contributed by atoms with Gasteiger partial charge in [-0.25, -0.2) is 0 Å². The molecule has 4 nitrogen and oxygen atoms in total. The SMILES string of the molecule is CCCNC1COCC1CN(CC)C(C)COC. The number of rotatable bonds is 9. The molecular formula is C14H30N2O2. The summed E-state index contributed by atoms with van der Waals surface area (Å²) in [6.07, 6.45) is 1.18. The van der Waals surface area contributed by atoms with Crippen molar-refractivity contribution >= 4 is 0 Å². The van der Waals surface area contributed by atoms with Crippen LogP contribution in [-0.2, 0) is 9.47 Å². The molecule has 0 spiro atoms. The summed E-state index contributed by atoms with van der Waals surface area (Å²) in [7, 11) is 1.77. The molecular weight excluding hydrogens is 228 g/mol. The first-order valence-corrected chi connectivity index (χ1v) is 7.27. The second-order valence-corrected chi connectivity index (χ2v) is 5.25. The Labute approximate surface area is 112 Å². The standard InChI is InChI=1S/C14H30N2O2/c1-5-7-15-14-11-18-10-13(14)8-16(6-2)12(3)9-17-4/h12-15H,5-11H2,1-4H3. The molecule has 3 unspecified atom stereocenters. The highest BCUT2D eigenvalue weighted by atomic mass is 16.5. The molecule has 0 amide bonds. The van der Waals surface area contributed by atoms with Crippen molar-refractivity contribution in [2.24, 2.45) is 5.92 Å². The van der Waals surface area contributed by atoms with E-state index in [1.807, 2.05) is 0 Å². The molecule has 0 aliphatic carbocycles. The lowest BCUT2D eigenvalue weighted by molar-refractivity contribution is 0.0862. The van der Waals surface area contributed by atoms with Crippen molar-refractivity contribution < 1.29 is 9.47 Å². The van der Waals surface area contributed by atoms with Gasteiger partial charge in [0.05, 0.1) is 19.8 Å². The van der Waals surface area contributed by atoms with Crippen molar-refractivity contribution in [3.8, 4) is 0 Å². The van der Waals surface area contributed by atoms with Gasteiger partial charge in [0.15, 0.2) is 0 Å². The van der Waals surface area contributed by atoms with E-state index in [0.29, 0.717) is 18.0 Å². The molecule has 1 aliphatic heterocycles. The Bertz CT molecular complexity index is 214. The average molecular weight is 258 g/mol. The molecule has 3 atom stereocenters. The van der Waals surface area contributed by atoms with E-state index in [-0.39, 0.29) is 0 Å². The minimum atomic E-state index is 0.479. The first-order chi connectivity index (χ1) is 8.72. The maximum absolute atomic E-state index is 5.63. The topological polar surface area (TPSA) is 33.7 Å². The van der Waals surface area contributed by atoms with Gasteiger partial charge in [-0.2, -0.15) is 0 Å². The van der Waals surface area contributed by atoms with Crippen LogP contribution >= 0.6 is 0 Å². The third kappa shape index (κ3) is 4.84. The Kier molecular flexibility index (Phi) is 7.82. The third-order valence-electron chi connectivity index (χ3n) is 3.76. The molecule has 18 heavy (non-hydrogen) atoms. The Morgan fingerprint density at radius 3 is 2.78 bits per heavy atom. The van der Waals surface area contributed by atoms with Crippen LogP contribution in [0.2, 0.25) is 0 Å². The number of likely N-dealkylation sites (N-methyl/N-ethyl adjacent to an activating group) is 1. The predicted octanol–water partition coefficient (Wildman–Crippen LogP) is 1.36. The zero-order valence-corrected chi connectivity index (χ0v) is 12.4. The van der Waals surface area contributed by atoms with Gasteiger partial charge in [0.2, 0.25) is 0 Å². The van der Waals surface area contributed by atoms with E-state index in [4.69, 9.17) is 9.47 Å². The summed E-state index contributed by atoms with van der Waals surface area (Å²) in [5.74, 6) is 0.607. The van der Waals surface area contributed by atoms with Crippen LogP contribution in [0.25, 0.3) is 0 Å². The number of nitrogens with one attached hydrogen (secondary N) is 1. The second kappa shape index (κ2) is 8.86. The molecule has 0 radical (unpaired) electrons. The largest absolute Gasteiger partial charge is 0.383 e. The Morgan fingerprint density at radius 1 is 1.39 bits per heavy atom. The molecule has 1 heterocycles. The first-order valence-electron chi connectivity index (χ1n) is 7.27. The van der Waals surface area contributed by atoms with Crippen LogP contribution in [0.1, 0.15) is 27.2 Å². The Balaban J connectivity index is 2.42. The van der Waals surface area contributed by atoms with Crippen LogP contribution < -0.4 is 5.32 Å². The van der Waals surface area contributed by atoms with Gasteiger partial charge in [-0.3, -0.25) is 4.90 Å². The molecule has 0 aromatic heterocycles. The van der Waals surface area contributed by atoms with Crippen LogP contribution in [0.3, 0.4) is 0 Å². The summed E-state index contributed by atoms with van der Waals surface area (Å²) in [5.41, 5.74) is 0. The lowest BCUT2D eigenvalue weighted by Gasteiger charge is -2.31. The lowest BCUT2D eigenvalue weighted by Crippen LogP contribution is -2.45. The maximum Gasteiger partial charge on any atom is 0.0623 e. The quantitative estimate of drug-likeness (QED) is 0.677. The normalized spacial score (nSPS) is 25.8. The highest BCUT2D eigenvalue weighted by Crippen LogP contribution is 2.16. The van der Waals surface area contributed by atoms with E-state index < -0.39 is 0 Å². The van der Waals surface area contributed by atoms with E-state index in [1.165, 1.54) is 6.42 Å². The molecule has 4 heteroatoms. The van der Waals surface area contributed by atoms with Crippen molar-refractivity contribution in [3.63, 3.8) is 0 Å². The van der Waals surface area contributed by atoms with Crippen LogP contribution in [0.5, 0.6) is 0 Å². The summed E-state index contributed by atoms with van der Waals surface area (Å²) in [5, 5.41) is 3.60. The summed E-state index contributed by atoms with van der Waals surface area (Å²) in [6.45, 7) is 12.5. The van der Waals surface area contributed by atoms with E-state index >= 15 is 0 Å². The lowest BCUT2D eigenvalue weighted by atomic mass is 10.0. The summed E-state index contributed by atoms with van der Waals surface area (Å²) >= 11 is 0. The minimum absolute atomic E-state index is 0.479. The molecule has 108 valence electrons. The zero-order chi connectivity index (χ0) is 13.4. The van der Waals surface area contributed by atoms with Gasteiger partial charge in [0, 0.05) is 31.7 Å². The molecule has 1 saturated heterocycles. The highest BCUT2D eigenvalue weighted by molar-refractivity contribution is 4.84. The number of hydrogen-bond donors (Lipinski definition) is 1. The maximum atomic E-state index is 5.63. The Morgan fingerprint density at radius 2 is 2.17 bits per heavy atom. The molecule has 0 saturated carbocycles. The zero-order valence-electron chi connectivity index (χ0n) is 12.4. The fourth-order valence-corrected chi connectivity index (χ4v) is 2.60. The molecule has 0 aromatic rings. The number of ether oxygens (including phenoxy) is 2. The van der Waals surface area contributed by atoms with Crippen LogP contribution in [0.15, 0.2) is 0 Å². The van der Waals surface area contributed by atoms with Crippen molar-refractivity contribution in [1.29, 1.82) is 0 Å². The van der Waals surface area contributed by atoms with Gasteiger partial charge < -0.3 is 14.8 Å². The average Bonchev–Trinajstić information content (AvgIpc) is 2.80. The third-order valence-corrected chi connectivity index (χ3v) is 3.76. The van der Waals surface area contributed by atoms with Crippen molar-refractivity contribution in [3.05, 3.63) is 0 Å². The van der Waals surface area contributed by atoms with E-state index in [9.17, 15) is 0 Å². The van der Waals surface area contributed by atoms with Crippen LogP contribution in [0, 0.1) is 5.92 Å². The fraction of sp³-hybridized carbons (Fsp3) is 1.00. The van der Waals surface area contributed by atoms with Gasteiger partial charge in [0.25, 0.3) is 0 Å². The molecule has 0 aromatic carbocycles. The van der Waals surface area contributed by atoms with Gasteiger partial charge in [-0.1, -0.05) is 13.8 Å². The highest BCUT2D eigenvalue weighted by Gasteiger charge is 2.30. The first kappa shape index (κ1) is 15.9. The summed E-state index contributed by atoms with van der Waals surface area (Å²) in [6, 6.07) is 1.00. The molecule has 1 aliphatic rings. The van der Waals surface area contributed by atoms with Crippen molar-refractivity contribution in [1.82, 2.24) is 10.2 Å². The molecule has 0 bridgehead atoms. The number of hydrogen-bond acceptors (Lipinski definition) is 4. The number of nitrogens with zero attached hydrogens (tertiary/aromatic N) is 1. The van der Waals surface area contributed by atoms with E-state index in [2.05, 4.69) is 31.0 Å². The smallest absolute Gasteiger partial charge is 0.0623 e. The van der Waals surface area contributed by atoms with Gasteiger partial charge in [-0.15, -0.1) is 0 Å². The van der Waals surface area contributed by atoms with Crippen LogP contribution in [-0.4, -0.2) is 63.5 Å². The monoisotopic (exact) mass is 258 g/mol. The molecule has 1 N–H and O–H groups in total. The van der Waals surface area contributed by atoms with Crippen molar-refractivity contribution in [2.45, 2.75) is 39.3 Å². The minimum Gasteiger partial charge on any atom is -0.383 e. The molecule has 1 fully saturated rings. The van der Waals surface area contributed by atoms with Gasteiger partial charge in [0.1, 0.15) is 0 Å². The summed E-state index contributed by atoms with van der Waals surface area (Å²) < 4.78 is 10.9. The fourth-order valence-electron chi connectivity index (χ4n) is 2.60. The van der Waals surface area contributed by atoms with E-state index in [1.54, 1.807) is 7.11 Å². The van der Waals surface area contributed by atoms with Gasteiger partial charge in [-0.05, 0) is 26.4 Å². The van der Waals surface area contributed by atoms with Crippen LogP contribution in [0.4, 0.5) is 0 Å². The second-order valence-electron chi connectivity index (χ2n) is 5.25. The van der Waals surface area contributed by atoms with Gasteiger partial charge >= 0.3 is 0 Å². The number of methoxy groups -OCH3 is 1. The van der Waals surface area contributed by atoms with E-state index in [0.717, 1.165) is 39.5 Å². The predicted molar refractivity (Wildman–Crippen MR) is 75.0 cm³/mol. The van der Waals surface area contributed by atoms with Crippen molar-refractivity contribution in [2.75, 3.05) is 46.6 Å². The Hall–Kier alpha value is -0.160. The molecule has 1 rings (SSSR count).